The van der Waals surface area contributed by atoms with Gasteiger partial charge in [-0.05, 0) is 25.0 Å². The predicted octanol–water partition coefficient (Wildman–Crippen LogP) is 2.02. The zero-order valence-corrected chi connectivity index (χ0v) is 11.8. The number of nitrogens with zero attached hydrogens (tertiary/aromatic N) is 3. The maximum Gasteiger partial charge on any atom is 0.395 e. The molecule has 4 unspecified atom stereocenters. The van der Waals surface area contributed by atoms with E-state index in [9.17, 15) is 18.0 Å². The fourth-order valence-electron chi connectivity index (χ4n) is 3.54. The fraction of sp³-hybridized carbons (Fsp3) is 0.500. The van der Waals surface area contributed by atoms with Crippen molar-refractivity contribution in [3.05, 3.63) is 24.7 Å². The minimum absolute atomic E-state index is 0.351. The van der Waals surface area contributed by atoms with Crippen molar-refractivity contribution in [3.8, 4) is 0 Å². The molecule has 0 aromatic carbocycles. The van der Waals surface area contributed by atoms with Gasteiger partial charge in [0, 0.05) is 0 Å². The molecule has 0 aliphatic carbocycles. The molecule has 9 heteroatoms. The Hall–Kier alpha value is -2.16. The molecular formula is C14H13F3N4O2. The van der Waals surface area contributed by atoms with Crippen LogP contribution in [0.2, 0.25) is 0 Å². The third kappa shape index (κ3) is 2.35. The van der Waals surface area contributed by atoms with Crippen molar-refractivity contribution in [2.24, 2.45) is 11.8 Å². The first-order valence-corrected chi connectivity index (χ1v) is 7.26. The predicted molar refractivity (Wildman–Crippen MR) is 72.5 cm³/mol. The van der Waals surface area contributed by atoms with E-state index in [1.54, 1.807) is 12.1 Å². The number of fused-ring (bicyclic) bond motifs is 3. The van der Waals surface area contributed by atoms with Crippen molar-refractivity contribution in [1.82, 2.24) is 14.6 Å². The number of hydrogen-bond donors (Lipinski definition) is 1. The van der Waals surface area contributed by atoms with E-state index in [-0.39, 0.29) is 0 Å². The van der Waals surface area contributed by atoms with Gasteiger partial charge in [-0.2, -0.15) is 18.3 Å². The van der Waals surface area contributed by atoms with Crippen LogP contribution < -0.4 is 5.32 Å². The lowest BCUT2D eigenvalue weighted by molar-refractivity contribution is -0.196. The molecule has 1 N–H and O–H groups in total. The van der Waals surface area contributed by atoms with Crippen LogP contribution in [-0.2, 0) is 9.53 Å². The third-order valence-corrected chi connectivity index (χ3v) is 4.50. The van der Waals surface area contributed by atoms with Crippen LogP contribution in [0.3, 0.4) is 0 Å². The van der Waals surface area contributed by atoms with E-state index in [4.69, 9.17) is 4.74 Å². The molecule has 0 radical (unpaired) electrons. The lowest BCUT2D eigenvalue weighted by Crippen LogP contribution is -2.44. The van der Waals surface area contributed by atoms with Gasteiger partial charge < -0.3 is 10.1 Å². The Bertz CT molecular complexity index is 760. The van der Waals surface area contributed by atoms with E-state index in [0.717, 1.165) is 0 Å². The summed E-state index contributed by atoms with van der Waals surface area (Å²) in [5.74, 6) is -3.62. The molecule has 2 aromatic heterocycles. The molecule has 0 spiro atoms. The summed E-state index contributed by atoms with van der Waals surface area (Å²) in [6, 6.07) is 3.21. The number of aromatic nitrogens is 3. The van der Waals surface area contributed by atoms with E-state index >= 15 is 0 Å². The van der Waals surface area contributed by atoms with Crippen LogP contribution in [0.1, 0.15) is 12.8 Å². The van der Waals surface area contributed by atoms with Crippen LogP contribution in [0.25, 0.3) is 5.65 Å². The zero-order chi connectivity index (χ0) is 16.2. The van der Waals surface area contributed by atoms with E-state index in [0.29, 0.717) is 24.2 Å². The molecule has 0 saturated carbocycles. The number of carbonyl (C=O) groups is 1. The summed E-state index contributed by atoms with van der Waals surface area (Å²) in [4.78, 5) is 16.4. The highest BCUT2D eigenvalue weighted by atomic mass is 19.4. The molecule has 122 valence electrons. The van der Waals surface area contributed by atoms with Gasteiger partial charge in [0.05, 0.1) is 35.9 Å². The van der Waals surface area contributed by atoms with Crippen LogP contribution in [0, 0.1) is 11.8 Å². The second-order valence-corrected chi connectivity index (χ2v) is 5.85. The molecule has 2 aromatic rings. The summed E-state index contributed by atoms with van der Waals surface area (Å²) in [5.41, 5.74) is 0.955. The number of hydrogen-bond acceptors (Lipinski definition) is 4. The lowest BCUT2D eigenvalue weighted by Gasteiger charge is -2.28. The van der Waals surface area contributed by atoms with Crippen molar-refractivity contribution in [2.75, 3.05) is 5.32 Å². The highest BCUT2D eigenvalue weighted by Gasteiger charge is 2.62. The molecule has 2 saturated heterocycles. The maximum absolute atomic E-state index is 13.3. The number of ether oxygens (including phenoxy) is 1. The van der Waals surface area contributed by atoms with Gasteiger partial charge in [-0.1, -0.05) is 0 Å². The molecular weight excluding hydrogens is 313 g/mol. The molecule has 2 fully saturated rings. The quantitative estimate of drug-likeness (QED) is 0.917. The second kappa shape index (κ2) is 4.92. The molecule has 2 bridgehead atoms. The summed E-state index contributed by atoms with van der Waals surface area (Å²) >= 11 is 0. The number of nitrogens with one attached hydrogen (secondary N) is 1. The molecule has 4 atom stereocenters. The van der Waals surface area contributed by atoms with Gasteiger partial charge in [-0.25, -0.2) is 9.50 Å². The van der Waals surface area contributed by atoms with Crippen molar-refractivity contribution < 1.29 is 22.7 Å². The van der Waals surface area contributed by atoms with Gasteiger partial charge in [-0.3, -0.25) is 4.79 Å². The smallest absolute Gasteiger partial charge is 0.373 e. The van der Waals surface area contributed by atoms with E-state index in [1.165, 1.54) is 17.0 Å². The number of amides is 1. The van der Waals surface area contributed by atoms with Gasteiger partial charge in [0.15, 0.2) is 5.65 Å². The third-order valence-electron chi connectivity index (χ3n) is 4.50. The Morgan fingerprint density at radius 2 is 2.09 bits per heavy atom. The summed E-state index contributed by atoms with van der Waals surface area (Å²) in [6.07, 6.45) is -2.32. The van der Waals surface area contributed by atoms with E-state index in [2.05, 4.69) is 15.4 Å². The molecule has 4 rings (SSSR count). The Balaban J connectivity index is 1.58. The highest BCUT2D eigenvalue weighted by Crippen LogP contribution is 2.50. The maximum atomic E-state index is 13.3. The molecule has 1 amide bonds. The number of anilines is 1. The Morgan fingerprint density at radius 3 is 2.87 bits per heavy atom. The highest BCUT2D eigenvalue weighted by molar-refractivity contribution is 5.93. The number of pyridine rings is 1. The monoisotopic (exact) mass is 326 g/mol. The summed E-state index contributed by atoms with van der Waals surface area (Å²) in [5, 5.41) is 6.47. The Morgan fingerprint density at radius 1 is 1.30 bits per heavy atom. The average molecular weight is 326 g/mol. The number of halogens is 3. The van der Waals surface area contributed by atoms with Crippen molar-refractivity contribution >= 4 is 17.2 Å². The first kappa shape index (κ1) is 14.4. The van der Waals surface area contributed by atoms with Gasteiger partial charge >= 0.3 is 6.18 Å². The summed E-state index contributed by atoms with van der Waals surface area (Å²) in [7, 11) is 0. The van der Waals surface area contributed by atoms with Crippen LogP contribution in [0.5, 0.6) is 0 Å². The van der Waals surface area contributed by atoms with Crippen LogP contribution in [0.4, 0.5) is 18.9 Å². The van der Waals surface area contributed by atoms with Gasteiger partial charge in [-0.15, -0.1) is 0 Å². The standard InChI is InChI=1S/C14H13F3N4O2/c15-14(16,17)12-9-3-2-8(23-9)11(12)13(22)20-7-1-4-10-18-6-19-21(10)5-7/h1,4-6,8-9,11-12H,2-3H2,(H,20,22). The number of rotatable bonds is 2. The van der Waals surface area contributed by atoms with Gasteiger partial charge in [0.1, 0.15) is 6.33 Å². The van der Waals surface area contributed by atoms with Crippen molar-refractivity contribution in [1.29, 1.82) is 0 Å². The molecule has 23 heavy (non-hydrogen) atoms. The second-order valence-electron chi connectivity index (χ2n) is 5.85. The Labute approximate surface area is 128 Å². The van der Waals surface area contributed by atoms with Gasteiger partial charge in [0.25, 0.3) is 0 Å². The molecule has 6 nitrogen and oxygen atoms in total. The van der Waals surface area contributed by atoms with Gasteiger partial charge in [0.2, 0.25) is 5.91 Å². The first-order chi connectivity index (χ1) is 10.9. The van der Waals surface area contributed by atoms with Crippen LogP contribution in [0.15, 0.2) is 24.7 Å². The van der Waals surface area contributed by atoms with Crippen molar-refractivity contribution in [3.63, 3.8) is 0 Å². The van der Waals surface area contributed by atoms with E-state index in [1.807, 2.05) is 0 Å². The van der Waals surface area contributed by atoms with Crippen LogP contribution >= 0.6 is 0 Å². The largest absolute Gasteiger partial charge is 0.395 e. The zero-order valence-electron chi connectivity index (χ0n) is 11.8. The normalized spacial score (nSPS) is 30.0. The number of alkyl halides is 3. The fourth-order valence-corrected chi connectivity index (χ4v) is 3.54. The first-order valence-electron chi connectivity index (χ1n) is 7.26. The minimum Gasteiger partial charge on any atom is -0.373 e. The summed E-state index contributed by atoms with van der Waals surface area (Å²) in [6.45, 7) is 0. The minimum atomic E-state index is -4.45. The SMILES string of the molecule is O=C(Nc1ccc2ncnn2c1)C1C2CCC(O2)C1C(F)(F)F. The number of carbonyl (C=O) groups excluding carboxylic acids is 1. The molecule has 4 heterocycles. The van der Waals surface area contributed by atoms with E-state index < -0.39 is 36.1 Å². The van der Waals surface area contributed by atoms with Crippen molar-refractivity contribution in [2.45, 2.75) is 31.2 Å². The lowest BCUT2D eigenvalue weighted by atomic mass is 9.78. The molecule has 2 aliphatic rings. The summed E-state index contributed by atoms with van der Waals surface area (Å²) < 4.78 is 46.5. The molecule has 2 aliphatic heterocycles. The average Bonchev–Trinajstić information content (AvgIpc) is 3.20. The topological polar surface area (TPSA) is 68.5 Å². The Kier molecular flexibility index (Phi) is 3.09. The van der Waals surface area contributed by atoms with Crippen LogP contribution in [-0.4, -0.2) is 38.9 Å².